The summed E-state index contributed by atoms with van der Waals surface area (Å²) in [6.07, 6.45) is 1.34. The Labute approximate surface area is 163 Å². The fourth-order valence-electron chi connectivity index (χ4n) is 3.24. The molecule has 28 heavy (non-hydrogen) atoms. The quantitative estimate of drug-likeness (QED) is 0.769. The Kier molecular flexibility index (Phi) is 5.47. The molecule has 0 radical (unpaired) electrons. The zero-order valence-electron chi connectivity index (χ0n) is 15.8. The van der Waals surface area contributed by atoms with Gasteiger partial charge in [0.2, 0.25) is 15.9 Å². The number of aromatic nitrogens is 3. The number of benzene rings is 1. The molecule has 10 nitrogen and oxygen atoms in total. The van der Waals surface area contributed by atoms with Gasteiger partial charge in [-0.2, -0.15) is 19.7 Å². The number of H-pyrrole nitrogens is 1. The van der Waals surface area contributed by atoms with Gasteiger partial charge in [0, 0.05) is 37.8 Å². The van der Waals surface area contributed by atoms with Crippen molar-refractivity contribution in [3.05, 3.63) is 36.2 Å². The maximum absolute atomic E-state index is 13.2. The Morgan fingerprint density at radius 3 is 2.61 bits per heavy atom. The van der Waals surface area contributed by atoms with Crippen LogP contribution >= 0.6 is 0 Å². The van der Waals surface area contributed by atoms with E-state index in [-0.39, 0.29) is 41.5 Å². The van der Waals surface area contributed by atoms with Gasteiger partial charge in [-0.1, -0.05) is 6.07 Å². The molecule has 2 atom stereocenters. The first-order valence-electron chi connectivity index (χ1n) is 8.76. The maximum Gasteiger partial charge on any atom is 0.276 e. The number of anilines is 1. The molecule has 0 aliphatic carbocycles. The Morgan fingerprint density at radius 2 is 1.96 bits per heavy atom. The number of nitrogens with zero attached hydrogens (tertiary/aromatic N) is 4. The topological polar surface area (TPSA) is 128 Å². The fraction of sp³-hybridized carbons (Fsp3) is 0.412. The summed E-state index contributed by atoms with van der Waals surface area (Å²) in [5.41, 5.74) is 0.604. The molecular formula is C17H22N6O4S. The third-order valence-corrected chi connectivity index (χ3v) is 6.56. The highest BCUT2D eigenvalue weighted by molar-refractivity contribution is 7.89. The van der Waals surface area contributed by atoms with Gasteiger partial charge in [-0.05, 0) is 32.0 Å². The molecule has 2 amide bonds. The van der Waals surface area contributed by atoms with E-state index >= 15 is 0 Å². The van der Waals surface area contributed by atoms with E-state index < -0.39 is 16.1 Å². The molecule has 2 heterocycles. The lowest BCUT2D eigenvalue weighted by atomic mass is 10.1. The van der Waals surface area contributed by atoms with Gasteiger partial charge in [0.15, 0.2) is 5.69 Å². The van der Waals surface area contributed by atoms with E-state index in [0.29, 0.717) is 5.69 Å². The predicted octanol–water partition coefficient (Wildman–Crippen LogP) is 0.687. The monoisotopic (exact) mass is 406 g/mol. The van der Waals surface area contributed by atoms with E-state index in [1.54, 1.807) is 30.9 Å². The number of rotatable bonds is 4. The fourth-order valence-corrected chi connectivity index (χ4v) is 4.99. The van der Waals surface area contributed by atoms with Gasteiger partial charge in [0.05, 0.1) is 11.1 Å². The number of piperazine rings is 1. The van der Waals surface area contributed by atoms with Gasteiger partial charge in [0.1, 0.15) is 0 Å². The normalized spacial score (nSPS) is 20.8. The van der Waals surface area contributed by atoms with Crippen LogP contribution in [-0.4, -0.2) is 70.0 Å². The highest BCUT2D eigenvalue weighted by Gasteiger charge is 2.39. The standard InChI is InChI=1S/C17H22N6O4S/c1-11-10-23(12(2)9-22(11)17(25)16-8-18-21-20-16)28(26,27)15-6-4-5-14(7-15)19-13(3)24/h4-8,11-12H,9-10H2,1-3H3,(H,19,24)(H,18,20,21)/t11-,12+/m0/s1. The molecule has 1 aliphatic heterocycles. The van der Waals surface area contributed by atoms with Crippen LogP contribution in [0.5, 0.6) is 0 Å². The molecule has 150 valence electrons. The van der Waals surface area contributed by atoms with Crippen LogP contribution in [0.1, 0.15) is 31.3 Å². The highest BCUT2D eigenvalue weighted by atomic mass is 32.2. The zero-order chi connectivity index (χ0) is 20.5. The van der Waals surface area contributed by atoms with Gasteiger partial charge >= 0.3 is 0 Å². The molecule has 1 aliphatic rings. The van der Waals surface area contributed by atoms with E-state index in [9.17, 15) is 18.0 Å². The van der Waals surface area contributed by atoms with Crippen molar-refractivity contribution >= 4 is 27.5 Å². The summed E-state index contributed by atoms with van der Waals surface area (Å²) >= 11 is 0. The smallest absolute Gasteiger partial charge is 0.276 e. The van der Waals surface area contributed by atoms with Crippen molar-refractivity contribution in [1.29, 1.82) is 0 Å². The molecule has 1 aromatic carbocycles. The summed E-state index contributed by atoms with van der Waals surface area (Å²) in [4.78, 5) is 25.5. The lowest BCUT2D eigenvalue weighted by molar-refractivity contribution is -0.114. The number of carbonyl (C=O) groups excluding carboxylic acids is 2. The van der Waals surface area contributed by atoms with Crippen LogP contribution in [-0.2, 0) is 14.8 Å². The van der Waals surface area contributed by atoms with Crippen molar-refractivity contribution in [3.8, 4) is 0 Å². The van der Waals surface area contributed by atoms with Crippen LogP contribution in [0.4, 0.5) is 5.69 Å². The van der Waals surface area contributed by atoms with Crippen LogP contribution in [0.25, 0.3) is 0 Å². The Bertz CT molecular complexity index is 975. The third-order valence-electron chi connectivity index (χ3n) is 4.58. The average molecular weight is 406 g/mol. The molecule has 0 unspecified atom stereocenters. The summed E-state index contributed by atoms with van der Waals surface area (Å²) in [5, 5.41) is 12.4. The SMILES string of the molecule is CC(=O)Nc1cccc(S(=O)(=O)N2C[C@H](C)N(C(=O)c3cn[nH]n3)C[C@H]2C)c1. The largest absolute Gasteiger partial charge is 0.332 e. The Morgan fingerprint density at radius 1 is 1.21 bits per heavy atom. The van der Waals surface area contributed by atoms with Gasteiger partial charge in [-0.25, -0.2) is 8.42 Å². The van der Waals surface area contributed by atoms with Gasteiger partial charge in [-0.15, -0.1) is 0 Å². The average Bonchev–Trinajstić information content (AvgIpc) is 3.17. The summed E-state index contributed by atoms with van der Waals surface area (Å²) in [7, 11) is -3.80. The second-order valence-electron chi connectivity index (χ2n) is 6.79. The number of aromatic amines is 1. The second-order valence-corrected chi connectivity index (χ2v) is 8.69. The third kappa shape index (κ3) is 3.90. The number of amides is 2. The Balaban J connectivity index is 1.82. The summed E-state index contributed by atoms with van der Waals surface area (Å²) in [6, 6.07) is 5.36. The van der Waals surface area contributed by atoms with Crippen LogP contribution in [0, 0.1) is 0 Å². The van der Waals surface area contributed by atoms with Gasteiger partial charge < -0.3 is 10.2 Å². The van der Waals surface area contributed by atoms with Crippen molar-refractivity contribution in [3.63, 3.8) is 0 Å². The number of nitrogens with one attached hydrogen (secondary N) is 2. The van der Waals surface area contributed by atoms with Crippen molar-refractivity contribution in [1.82, 2.24) is 24.6 Å². The molecule has 1 aromatic heterocycles. The summed E-state index contributed by atoms with van der Waals surface area (Å²) in [5.74, 6) is -0.575. The molecule has 0 bridgehead atoms. The molecule has 1 saturated heterocycles. The van der Waals surface area contributed by atoms with Crippen LogP contribution in [0.2, 0.25) is 0 Å². The van der Waals surface area contributed by atoms with E-state index in [4.69, 9.17) is 0 Å². The minimum absolute atomic E-state index is 0.0917. The number of hydrogen-bond donors (Lipinski definition) is 2. The van der Waals surface area contributed by atoms with E-state index in [2.05, 4.69) is 20.7 Å². The molecular weight excluding hydrogens is 384 g/mol. The first-order valence-corrected chi connectivity index (χ1v) is 10.2. The lowest BCUT2D eigenvalue weighted by Gasteiger charge is -2.42. The zero-order valence-corrected chi connectivity index (χ0v) is 16.6. The van der Waals surface area contributed by atoms with Crippen molar-refractivity contribution < 1.29 is 18.0 Å². The van der Waals surface area contributed by atoms with Crippen LogP contribution < -0.4 is 5.32 Å². The maximum atomic E-state index is 13.2. The summed E-state index contributed by atoms with van der Waals surface area (Å²) < 4.78 is 27.7. The number of carbonyl (C=O) groups is 2. The van der Waals surface area contributed by atoms with Crippen molar-refractivity contribution in [2.24, 2.45) is 0 Å². The first kappa shape index (κ1) is 20.0. The van der Waals surface area contributed by atoms with E-state index in [0.717, 1.165) is 0 Å². The van der Waals surface area contributed by atoms with Gasteiger partial charge in [-0.3, -0.25) is 9.59 Å². The molecule has 11 heteroatoms. The minimum Gasteiger partial charge on any atom is -0.332 e. The minimum atomic E-state index is -3.80. The van der Waals surface area contributed by atoms with E-state index in [1.165, 1.54) is 29.6 Å². The molecule has 2 N–H and O–H groups in total. The summed E-state index contributed by atoms with van der Waals surface area (Å²) in [6.45, 7) is 5.29. The second kappa shape index (κ2) is 7.68. The number of sulfonamides is 1. The first-order chi connectivity index (χ1) is 13.2. The van der Waals surface area contributed by atoms with Crippen LogP contribution in [0.3, 0.4) is 0 Å². The molecule has 2 aromatic rings. The van der Waals surface area contributed by atoms with Crippen molar-refractivity contribution in [2.75, 3.05) is 18.4 Å². The molecule has 0 saturated carbocycles. The lowest BCUT2D eigenvalue weighted by Crippen LogP contribution is -2.59. The number of hydrogen-bond acceptors (Lipinski definition) is 6. The predicted molar refractivity (Wildman–Crippen MR) is 101 cm³/mol. The van der Waals surface area contributed by atoms with Crippen LogP contribution in [0.15, 0.2) is 35.4 Å². The molecule has 0 spiro atoms. The highest BCUT2D eigenvalue weighted by Crippen LogP contribution is 2.26. The van der Waals surface area contributed by atoms with Gasteiger partial charge in [0.25, 0.3) is 5.91 Å². The van der Waals surface area contributed by atoms with Crippen molar-refractivity contribution in [2.45, 2.75) is 37.8 Å². The molecule has 3 rings (SSSR count). The van der Waals surface area contributed by atoms with E-state index in [1.807, 2.05) is 0 Å². The Hall–Kier alpha value is -2.79. The molecule has 1 fully saturated rings.